The predicted octanol–water partition coefficient (Wildman–Crippen LogP) is 3.06. The van der Waals surface area contributed by atoms with Crippen molar-refractivity contribution < 1.29 is 14.3 Å². The van der Waals surface area contributed by atoms with E-state index in [2.05, 4.69) is 10.3 Å². The first kappa shape index (κ1) is 20.2. The number of nitrogens with zero attached hydrogens (tertiary/aromatic N) is 3. The lowest BCUT2D eigenvalue weighted by Crippen LogP contribution is -2.28. The topological polar surface area (TPSA) is 87.4 Å². The third-order valence-electron chi connectivity index (χ3n) is 4.99. The molecule has 1 amide bonds. The van der Waals surface area contributed by atoms with Gasteiger partial charge in [-0.1, -0.05) is 18.2 Å². The Labute approximate surface area is 178 Å². The van der Waals surface area contributed by atoms with Crippen LogP contribution >= 0.6 is 0 Å². The zero-order valence-corrected chi connectivity index (χ0v) is 17.5. The number of methoxy groups -OCH3 is 2. The van der Waals surface area contributed by atoms with Crippen molar-refractivity contribution >= 4 is 22.6 Å². The highest BCUT2D eigenvalue weighted by Gasteiger charge is 2.16. The number of hydrogen-bond donors (Lipinski definition) is 1. The molecule has 0 unspecified atom stereocenters. The second-order valence-corrected chi connectivity index (χ2v) is 7.04. The van der Waals surface area contributed by atoms with Gasteiger partial charge in [-0.05, 0) is 29.8 Å². The number of aryl methyl sites for hydroxylation is 1. The molecule has 0 saturated heterocycles. The molecule has 2 aromatic heterocycles. The van der Waals surface area contributed by atoms with Crippen LogP contribution in [0, 0.1) is 0 Å². The maximum Gasteiger partial charge on any atom is 0.278 e. The van der Waals surface area contributed by atoms with E-state index in [0.717, 1.165) is 16.9 Å². The van der Waals surface area contributed by atoms with Crippen LogP contribution in [0.4, 0.5) is 5.69 Å². The van der Waals surface area contributed by atoms with Crippen LogP contribution in [0.25, 0.3) is 22.2 Å². The van der Waals surface area contributed by atoms with Crippen molar-refractivity contribution in [1.29, 1.82) is 0 Å². The van der Waals surface area contributed by atoms with Crippen LogP contribution in [0.5, 0.6) is 11.5 Å². The average Bonchev–Trinajstić information content (AvgIpc) is 3.13. The van der Waals surface area contributed by atoms with E-state index in [4.69, 9.17) is 9.47 Å². The fraction of sp³-hybridized carbons (Fsp3) is 0.174. The standard InChI is InChI=1S/C23H22N4O4/c1-26-12-19(15-6-4-8-17(10-15)30-2)21-22(26)23(29)27(14-24-21)13-20(28)25-16-7-5-9-18(11-16)31-3/h4-12,14H,13H2,1-3H3,(H,25,28). The Balaban J connectivity index is 1.64. The summed E-state index contributed by atoms with van der Waals surface area (Å²) in [4.78, 5) is 30.1. The molecule has 2 heterocycles. The number of aromatic nitrogens is 3. The van der Waals surface area contributed by atoms with Gasteiger partial charge in [-0.25, -0.2) is 4.98 Å². The molecule has 0 aliphatic rings. The Hall–Kier alpha value is -4.07. The smallest absolute Gasteiger partial charge is 0.278 e. The summed E-state index contributed by atoms with van der Waals surface area (Å²) >= 11 is 0. The van der Waals surface area contributed by atoms with E-state index in [0.29, 0.717) is 22.5 Å². The van der Waals surface area contributed by atoms with Crippen molar-refractivity contribution in [2.45, 2.75) is 6.54 Å². The Kier molecular flexibility index (Phi) is 5.44. The normalized spacial score (nSPS) is 10.8. The fourth-order valence-electron chi connectivity index (χ4n) is 3.48. The summed E-state index contributed by atoms with van der Waals surface area (Å²) in [5, 5.41) is 2.77. The highest BCUT2D eigenvalue weighted by atomic mass is 16.5. The molecule has 4 aromatic rings. The van der Waals surface area contributed by atoms with Gasteiger partial charge in [-0.2, -0.15) is 0 Å². The van der Waals surface area contributed by atoms with Crippen LogP contribution in [0.3, 0.4) is 0 Å². The Morgan fingerprint density at radius 3 is 2.52 bits per heavy atom. The summed E-state index contributed by atoms with van der Waals surface area (Å²) in [5.41, 5.74) is 3.01. The molecule has 1 N–H and O–H groups in total. The van der Waals surface area contributed by atoms with Gasteiger partial charge in [-0.15, -0.1) is 0 Å². The molecule has 31 heavy (non-hydrogen) atoms. The van der Waals surface area contributed by atoms with Crippen molar-refractivity contribution in [1.82, 2.24) is 14.1 Å². The van der Waals surface area contributed by atoms with E-state index >= 15 is 0 Å². The summed E-state index contributed by atoms with van der Waals surface area (Å²) in [6.07, 6.45) is 3.26. The van der Waals surface area contributed by atoms with Crippen LogP contribution in [-0.4, -0.2) is 34.2 Å². The molecule has 0 atom stereocenters. The summed E-state index contributed by atoms with van der Waals surface area (Å²) < 4.78 is 13.5. The average molecular weight is 418 g/mol. The van der Waals surface area contributed by atoms with Crippen molar-refractivity contribution in [3.8, 4) is 22.6 Å². The molecule has 2 aromatic carbocycles. The maximum atomic E-state index is 13.1. The molecule has 0 aliphatic heterocycles. The first-order chi connectivity index (χ1) is 15.0. The number of rotatable bonds is 6. The summed E-state index contributed by atoms with van der Waals surface area (Å²) in [5.74, 6) is 1.02. The maximum absolute atomic E-state index is 13.1. The first-order valence-corrected chi connectivity index (χ1v) is 9.63. The van der Waals surface area contributed by atoms with Gasteiger partial charge in [0.2, 0.25) is 5.91 Å². The molecular weight excluding hydrogens is 396 g/mol. The van der Waals surface area contributed by atoms with E-state index in [1.807, 2.05) is 30.5 Å². The van der Waals surface area contributed by atoms with E-state index in [1.165, 1.54) is 10.9 Å². The number of anilines is 1. The summed E-state index contributed by atoms with van der Waals surface area (Å²) in [7, 11) is 4.95. The molecule has 0 bridgehead atoms. The minimum atomic E-state index is -0.335. The van der Waals surface area contributed by atoms with Crippen LogP contribution in [-0.2, 0) is 18.4 Å². The van der Waals surface area contributed by atoms with Gasteiger partial charge in [-0.3, -0.25) is 14.2 Å². The minimum absolute atomic E-state index is 0.154. The van der Waals surface area contributed by atoms with Crippen LogP contribution in [0.2, 0.25) is 0 Å². The second-order valence-electron chi connectivity index (χ2n) is 7.04. The Morgan fingerprint density at radius 2 is 1.77 bits per heavy atom. The number of carbonyl (C=O) groups is 1. The Morgan fingerprint density at radius 1 is 1.06 bits per heavy atom. The zero-order chi connectivity index (χ0) is 22.0. The molecule has 0 spiro atoms. The molecule has 0 radical (unpaired) electrons. The lowest BCUT2D eigenvalue weighted by atomic mass is 10.1. The quantitative estimate of drug-likeness (QED) is 0.520. The molecule has 0 aliphatic carbocycles. The third-order valence-corrected chi connectivity index (χ3v) is 4.99. The highest BCUT2D eigenvalue weighted by molar-refractivity contribution is 5.93. The number of ether oxygens (including phenoxy) is 2. The highest BCUT2D eigenvalue weighted by Crippen LogP contribution is 2.29. The number of amides is 1. The first-order valence-electron chi connectivity index (χ1n) is 9.63. The molecule has 8 nitrogen and oxygen atoms in total. The summed E-state index contributed by atoms with van der Waals surface area (Å²) in [6.45, 7) is -0.154. The van der Waals surface area contributed by atoms with Crippen molar-refractivity contribution in [2.24, 2.45) is 7.05 Å². The van der Waals surface area contributed by atoms with Gasteiger partial charge < -0.3 is 19.4 Å². The van der Waals surface area contributed by atoms with Gasteiger partial charge >= 0.3 is 0 Å². The van der Waals surface area contributed by atoms with Crippen LogP contribution in [0.15, 0.2) is 65.8 Å². The number of nitrogens with one attached hydrogen (secondary N) is 1. The van der Waals surface area contributed by atoms with Crippen molar-refractivity contribution in [3.05, 3.63) is 71.4 Å². The van der Waals surface area contributed by atoms with Gasteiger partial charge in [0.25, 0.3) is 5.56 Å². The molecular formula is C23H22N4O4. The number of fused-ring (bicyclic) bond motifs is 1. The lowest BCUT2D eigenvalue weighted by molar-refractivity contribution is -0.116. The van der Waals surface area contributed by atoms with Crippen LogP contribution in [0.1, 0.15) is 0 Å². The van der Waals surface area contributed by atoms with Crippen molar-refractivity contribution in [3.63, 3.8) is 0 Å². The molecule has 158 valence electrons. The number of carbonyl (C=O) groups excluding carboxylic acids is 1. The molecule has 0 fully saturated rings. The van der Waals surface area contributed by atoms with Gasteiger partial charge in [0.05, 0.1) is 20.5 Å². The molecule has 8 heteroatoms. The number of hydrogen-bond acceptors (Lipinski definition) is 5. The SMILES string of the molecule is COc1cccc(NC(=O)Cn2cnc3c(-c4cccc(OC)c4)cn(C)c3c2=O)c1. The zero-order valence-electron chi connectivity index (χ0n) is 17.5. The molecule has 0 saturated carbocycles. The van der Waals surface area contributed by atoms with E-state index in [1.54, 1.807) is 50.1 Å². The van der Waals surface area contributed by atoms with Gasteiger partial charge in [0.15, 0.2) is 0 Å². The van der Waals surface area contributed by atoms with E-state index < -0.39 is 0 Å². The van der Waals surface area contributed by atoms with Crippen molar-refractivity contribution in [2.75, 3.05) is 19.5 Å². The summed E-state index contributed by atoms with van der Waals surface area (Å²) in [6, 6.07) is 14.6. The molecule has 4 rings (SSSR count). The van der Waals surface area contributed by atoms with E-state index in [9.17, 15) is 9.59 Å². The van der Waals surface area contributed by atoms with Crippen LogP contribution < -0.4 is 20.3 Å². The third kappa shape index (κ3) is 4.00. The number of benzene rings is 2. The predicted molar refractivity (Wildman–Crippen MR) is 119 cm³/mol. The van der Waals surface area contributed by atoms with E-state index in [-0.39, 0.29) is 18.0 Å². The Bertz CT molecular complexity index is 1320. The lowest BCUT2D eigenvalue weighted by Gasteiger charge is -2.09. The monoisotopic (exact) mass is 418 g/mol. The largest absolute Gasteiger partial charge is 0.497 e. The fourth-order valence-corrected chi connectivity index (χ4v) is 3.48. The van der Waals surface area contributed by atoms with Gasteiger partial charge in [0, 0.05) is 30.6 Å². The van der Waals surface area contributed by atoms with Gasteiger partial charge in [0.1, 0.15) is 29.1 Å². The second kappa shape index (κ2) is 8.35. The minimum Gasteiger partial charge on any atom is -0.497 e.